The van der Waals surface area contributed by atoms with Crippen LogP contribution in [0.3, 0.4) is 0 Å². The van der Waals surface area contributed by atoms with Gasteiger partial charge in [-0.2, -0.15) is 0 Å². The predicted octanol–water partition coefficient (Wildman–Crippen LogP) is 4.72. The molecule has 1 amide bonds. The van der Waals surface area contributed by atoms with Gasteiger partial charge in [-0.1, -0.05) is 36.4 Å². The Morgan fingerprint density at radius 2 is 1.89 bits per heavy atom. The van der Waals surface area contributed by atoms with Crippen molar-refractivity contribution < 1.29 is 4.79 Å². The number of hydrogen-bond donors (Lipinski definition) is 2. The first kappa shape index (κ1) is 18.6. The third-order valence-electron chi connectivity index (χ3n) is 6.25. The summed E-state index contributed by atoms with van der Waals surface area (Å²) in [5.41, 5.74) is 5.48. The number of benzene rings is 2. The van der Waals surface area contributed by atoms with Gasteiger partial charge in [-0.25, -0.2) is 0 Å². The lowest BCUT2D eigenvalue weighted by atomic mass is 9.76. The van der Waals surface area contributed by atoms with Crippen molar-refractivity contribution in [2.45, 2.75) is 32.2 Å². The molecule has 0 radical (unpaired) electrons. The van der Waals surface area contributed by atoms with Crippen molar-refractivity contribution in [3.63, 3.8) is 0 Å². The highest BCUT2D eigenvalue weighted by molar-refractivity contribution is 6.00. The van der Waals surface area contributed by atoms with E-state index in [0.717, 1.165) is 30.8 Å². The number of carbonyl (C=O) groups is 1. The van der Waals surface area contributed by atoms with Gasteiger partial charge in [0.1, 0.15) is 0 Å². The molecular weight excluding hydrogens is 346 g/mol. The number of amides is 1. The van der Waals surface area contributed by atoms with Gasteiger partial charge >= 0.3 is 0 Å². The monoisotopic (exact) mass is 375 g/mol. The Hall–Kier alpha value is -2.75. The fourth-order valence-corrected chi connectivity index (χ4v) is 4.76. The van der Waals surface area contributed by atoms with Crippen LogP contribution < -0.4 is 15.5 Å². The van der Waals surface area contributed by atoms with Crippen molar-refractivity contribution in [2.24, 2.45) is 5.92 Å². The molecule has 1 aliphatic carbocycles. The number of carbonyl (C=O) groups excluding carboxylic acids is 1. The van der Waals surface area contributed by atoms with Crippen LogP contribution in [-0.4, -0.2) is 26.0 Å². The van der Waals surface area contributed by atoms with E-state index in [0.29, 0.717) is 11.8 Å². The molecule has 2 aromatic carbocycles. The Morgan fingerprint density at radius 3 is 2.57 bits per heavy atom. The molecule has 3 unspecified atom stereocenters. The minimum Gasteiger partial charge on any atom is -0.377 e. The van der Waals surface area contributed by atoms with Gasteiger partial charge in [-0.3, -0.25) is 4.79 Å². The van der Waals surface area contributed by atoms with E-state index in [1.165, 1.54) is 16.8 Å². The normalized spacial score (nSPS) is 22.2. The van der Waals surface area contributed by atoms with Crippen molar-refractivity contribution in [3.8, 4) is 0 Å². The molecule has 1 heterocycles. The quantitative estimate of drug-likeness (QED) is 0.743. The summed E-state index contributed by atoms with van der Waals surface area (Å²) in [6.07, 6.45) is 5.66. The maximum absolute atomic E-state index is 12.4. The highest BCUT2D eigenvalue weighted by Gasteiger charge is 2.39. The summed E-state index contributed by atoms with van der Waals surface area (Å²) in [6, 6.07) is 15.2. The van der Waals surface area contributed by atoms with Crippen LogP contribution >= 0.6 is 0 Å². The fraction of sp³-hybridized carbons (Fsp3) is 0.375. The Bertz CT molecular complexity index is 883. The summed E-state index contributed by atoms with van der Waals surface area (Å²) in [6.45, 7) is 6.39. The second kappa shape index (κ2) is 7.70. The minimum absolute atomic E-state index is 0.0413. The van der Waals surface area contributed by atoms with Crippen LogP contribution in [0.1, 0.15) is 53.7 Å². The molecule has 0 bridgehead atoms. The number of nitrogens with zero attached hydrogens (tertiary/aromatic N) is 1. The van der Waals surface area contributed by atoms with Crippen LogP contribution in [0.2, 0.25) is 0 Å². The van der Waals surface area contributed by atoms with Crippen LogP contribution in [0, 0.1) is 5.92 Å². The first-order valence-corrected chi connectivity index (χ1v) is 10.3. The van der Waals surface area contributed by atoms with E-state index >= 15 is 0 Å². The number of nitrogens with one attached hydrogen (secondary N) is 2. The van der Waals surface area contributed by atoms with E-state index in [4.69, 9.17) is 0 Å². The second-order valence-electron chi connectivity index (χ2n) is 7.59. The molecule has 2 aromatic rings. The van der Waals surface area contributed by atoms with Crippen molar-refractivity contribution in [1.29, 1.82) is 0 Å². The molecule has 4 nitrogen and oxygen atoms in total. The third kappa shape index (κ3) is 3.07. The van der Waals surface area contributed by atoms with Crippen LogP contribution in [0.15, 0.2) is 54.6 Å². The molecule has 4 rings (SSSR count). The number of fused-ring (bicyclic) bond motifs is 3. The van der Waals surface area contributed by atoms with E-state index in [1.54, 1.807) is 7.05 Å². The van der Waals surface area contributed by atoms with Crippen molar-refractivity contribution in [3.05, 3.63) is 71.3 Å². The van der Waals surface area contributed by atoms with Gasteiger partial charge in [0.15, 0.2) is 0 Å². The third-order valence-corrected chi connectivity index (χ3v) is 6.25. The zero-order valence-electron chi connectivity index (χ0n) is 16.9. The van der Waals surface area contributed by atoms with Gasteiger partial charge in [0, 0.05) is 31.7 Å². The van der Waals surface area contributed by atoms with Gasteiger partial charge < -0.3 is 15.5 Å². The standard InChI is InChI=1S/C24H29N3O/c1-4-27(5-2)17-14-12-16(13-15-17)22-19-9-6-8-18(19)20-10-7-11-21(23(20)26-22)24(28)25-3/h6-8,10-15,18-19,22,26H,4-5,9H2,1-3H3,(H,25,28). The molecule has 0 aromatic heterocycles. The van der Waals surface area contributed by atoms with Crippen LogP contribution in [0.25, 0.3) is 0 Å². The van der Waals surface area contributed by atoms with E-state index in [-0.39, 0.29) is 11.9 Å². The Balaban J connectivity index is 1.71. The summed E-state index contributed by atoms with van der Waals surface area (Å²) in [7, 11) is 1.69. The Morgan fingerprint density at radius 1 is 1.14 bits per heavy atom. The zero-order valence-corrected chi connectivity index (χ0v) is 16.9. The summed E-state index contributed by atoms with van der Waals surface area (Å²) < 4.78 is 0. The SMILES string of the molecule is CCN(CC)c1ccc(C2Nc3c(C(=O)NC)cccc3C3C=CCC32)cc1. The lowest BCUT2D eigenvalue weighted by molar-refractivity contribution is 0.0963. The van der Waals surface area contributed by atoms with E-state index < -0.39 is 0 Å². The van der Waals surface area contributed by atoms with Crippen LogP contribution in [-0.2, 0) is 0 Å². The van der Waals surface area contributed by atoms with Gasteiger partial charge in [-0.15, -0.1) is 0 Å². The lowest BCUT2D eigenvalue weighted by Crippen LogP contribution is -2.31. The number of rotatable bonds is 5. The van der Waals surface area contributed by atoms with Crippen LogP contribution in [0.5, 0.6) is 0 Å². The van der Waals surface area contributed by atoms with Gasteiger partial charge in [0.25, 0.3) is 5.91 Å². The molecule has 2 aliphatic rings. The molecule has 3 atom stereocenters. The lowest BCUT2D eigenvalue weighted by Gasteiger charge is -2.38. The maximum atomic E-state index is 12.4. The highest BCUT2D eigenvalue weighted by atomic mass is 16.1. The average molecular weight is 376 g/mol. The number of hydrogen-bond acceptors (Lipinski definition) is 3. The molecule has 0 saturated heterocycles. The first-order chi connectivity index (χ1) is 13.7. The molecule has 4 heteroatoms. The van der Waals surface area contributed by atoms with Gasteiger partial charge in [0.05, 0.1) is 17.3 Å². The van der Waals surface area contributed by atoms with E-state index in [2.05, 4.69) is 71.9 Å². The molecule has 2 N–H and O–H groups in total. The fourth-order valence-electron chi connectivity index (χ4n) is 4.76. The molecule has 0 spiro atoms. The minimum atomic E-state index is -0.0413. The molecule has 28 heavy (non-hydrogen) atoms. The number of anilines is 2. The second-order valence-corrected chi connectivity index (χ2v) is 7.59. The van der Waals surface area contributed by atoms with Gasteiger partial charge in [0.2, 0.25) is 0 Å². The molecule has 0 saturated carbocycles. The predicted molar refractivity (Wildman–Crippen MR) is 116 cm³/mol. The smallest absolute Gasteiger partial charge is 0.253 e. The zero-order chi connectivity index (χ0) is 19.7. The van der Waals surface area contributed by atoms with Crippen molar-refractivity contribution in [2.75, 3.05) is 30.4 Å². The largest absolute Gasteiger partial charge is 0.377 e. The molecular formula is C24H29N3O. The summed E-state index contributed by atoms with van der Waals surface area (Å²) in [5, 5.41) is 6.51. The number of allylic oxidation sites excluding steroid dienone is 2. The van der Waals surface area contributed by atoms with E-state index in [9.17, 15) is 4.79 Å². The topological polar surface area (TPSA) is 44.4 Å². The first-order valence-electron chi connectivity index (χ1n) is 10.3. The number of para-hydroxylation sites is 1. The van der Waals surface area contributed by atoms with Crippen LogP contribution in [0.4, 0.5) is 11.4 Å². The molecule has 0 fully saturated rings. The maximum Gasteiger partial charge on any atom is 0.253 e. The van der Waals surface area contributed by atoms with Crippen molar-refractivity contribution in [1.82, 2.24) is 5.32 Å². The summed E-state index contributed by atoms with van der Waals surface area (Å²) in [4.78, 5) is 14.8. The van der Waals surface area contributed by atoms with E-state index in [1.807, 2.05) is 12.1 Å². The van der Waals surface area contributed by atoms with Crippen molar-refractivity contribution >= 4 is 17.3 Å². The average Bonchev–Trinajstić information content (AvgIpc) is 3.24. The molecule has 1 aliphatic heterocycles. The summed E-state index contributed by atoms with van der Waals surface area (Å²) >= 11 is 0. The Labute approximate surface area is 167 Å². The summed E-state index contributed by atoms with van der Waals surface area (Å²) in [5.74, 6) is 0.792. The molecule has 146 valence electrons. The highest BCUT2D eigenvalue weighted by Crippen LogP contribution is 2.50. The van der Waals surface area contributed by atoms with Gasteiger partial charge in [-0.05, 0) is 55.5 Å². The Kier molecular flexibility index (Phi) is 5.12.